The molecule has 0 radical (unpaired) electrons. The van der Waals surface area contributed by atoms with E-state index in [2.05, 4.69) is 17.1 Å². The zero-order chi connectivity index (χ0) is 10.9. The average Bonchev–Trinajstić information content (AvgIpc) is 2.27. The Hall–Kier alpha value is -0.120. The van der Waals surface area contributed by atoms with Crippen molar-refractivity contribution in [1.82, 2.24) is 10.2 Å². The highest BCUT2D eigenvalue weighted by molar-refractivity contribution is 4.72. The molecule has 1 heterocycles. The number of rotatable bonds is 7. The van der Waals surface area contributed by atoms with Gasteiger partial charge in [0.25, 0.3) is 0 Å². The lowest BCUT2D eigenvalue weighted by atomic mass is 10.1. The van der Waals surface area contributed by atoms with Crippen LogP contribution >= 0.6 is 0 Å². The number of hydrogen-bond acceptors (Lipinski definition) is 3. The van der Waals surface area contributed by atoms with Crippen LogP contribution in [0, 0.1) is 0 Å². The molecule has 1 aliphatic rings. The standard InChI is InChI=1S/C12H26N2O/c1-3-8-14-9-5-12(6-10-14)15-11-4-7-13-2/h12-13H,3-11H2,1-2H3. The Balaban J connectivity index is 1.99. The summed E-state index contributed by atoms with van der Waals surface area (Å²) < 4.78 is 5.84. The van der Waals surface area contributed by atoms with Gasteiger partial charge in [0, 0.05) is 19.7 Å². The second-order valence-electron chi connectivity index (χ2n) is 4.37. The maximum atomic E-state index is 5.84. The Kier molecular flexibility index (Phi) is 6.98. The topological polar surface area (TPSA) is 24.5 Å². The molecule has 0 unspecified atom stereocenters. The lowest BCUT2D eigenvalue weighted by Gasteiger charge is -2.31. The van der Waals surface area contributed by atoms with E-state index in [-0.39, 0.29) is 0 Å². The quantitative estimate of drug-likeness (QED) is 0.650. The highest BCUT2D eigenvalue weighted by Crippen LogP contribution is 2.13. The molecule has 1 rings (SSSR count). The number of piperidine rings is 1. The van der Waals surface area contributed by atoms with Crippen molar-refractivity contribution < 1.29 is 4.74 Å². The maximum absolute atomic E-state index is 5.84. The van der Waals surface area contributed by atoms with E-state index >= 15 is 0 Å². The average molecular weight is 214 g/mol. The smallest absolute Gasteiger partial charge is 0.0599 e. The molecule has 0 aliphatic carbocycles. The first kappa shape index (κ1) is 12.9. The minimum absolute atomic E-state index is 0.523. The van der Waals surface area contributed by atoms with E-state index in [1.165, 1.54) is 38.9 Å². The largest absolute Gasteiger partial charge is 0.378 e. The molecule has 0 aromatic carbocycles. The van der Waals surface area contributed by atoms with Crippen LogP contribution in [0.5, 0.6) is 0 Å². The first-order valence-corrected chi connectivity index (χ1v) is 6.35. The van der Waals surface area contributed by atoms with Crippen LogP contribution in [0.25, 0.3) is 0 Å². The van der Waals surface area contributed by atoms with E-state index in [4.69, 9.17) is 4.74 Å². The van der Waals surface area contributed by atoms with Gasteiger partial charge in [-0.25, -0.2) is 0 Å². The molecule has 90 valence electrons. The van der Waals surface area contributed by atoms with Crippen LogP contribution in [0.4, 0.5) is 0 Å². The Morgan fingerprint density at radius 1 is 1.33 bits per heavy atom. The minimum atomic E-state index is 0.523. The lowest BCUT2D eigenvalue weighted by molar-refractivity contribution is 0.00688. The van der Waals surface area contributed by atoms with Gasteiger partial charge in [0.2, 0.25) is 0 Å². The first-order chi connectivity index (χ1) is 7.36. The maximum Gasteiger partial charge on any atom is 0.0599 e. The van der Waals surface area contributed by atoms with E-state index in [9.17, 15) is 0 Å². The molecule has 0 aromatic rings. The van der Waals surface area contributed by atoms with Crippen molar-refractivity contribution in [1.29, 1.82) is 0 Å². The van der Waals surface area contributed by atoms with Crippen molar-refractivity contribution in [2.24, 2.45) is 0 Å². The van der Waals surface area contributed by atoms with Crippen LogP contribution in [0.1, 0.15) is 32.6 Å². The van der Waals surface area contributed by atoms with Gasteiger partial charge >= 0.3 is 0 Å². The van der Waals surface area contributed by atoms with Gasteiger partial charge in [-0.1, -0.05) is 6.92 Å². The second-order valence-corrected chi connectivity index (χ2v) is 4.37. The Labute approximate surface area is 94.2 Å². The molecule has 1 aliphatic heterocycles. The second kappa shape index (κ2) is 8.08. The van der Waals surface area contributed by atoms with E-state index in [0.29, 0.717) is 6.10 Å². The first-order valence-electron chi connectivity index (χ1n) is 6.35. The molecule has 0 spiro atoms. The van der Waals surface area contributed by atoms with Crippen LogP contribution < -0.4 is 5.32 Å². The summed E-state index contributed by atoms with van der Waals surface area (Å²) >= 11 is 0. The van der Waals surface area contributed by atoms with Gasteiger partial charge in [-0.2, -0.15) is 0 Å². The third kappa shape index (κ3) is 5.50. The van der Waals surface area contributed by atoms with Crippen LogP contribution in [-0.2, 0) is 4.74 Å². The highest BCUT2D eigenvalue weighted by Gasteiger charge is 2.18. The van der Waals surface area contributed by atoms with Gasteiger partial charge < -0.3 is 15.0 Å². The van der Waals surface area contributed by atoms with Crippen LogP contribution in [-0.4, -0.2) is 50.8 Å². The van der Waals surface area contributed by atoms with Crippen LogP contribution in [0.2, 0.25) is 0 Å². The third-order valence-electron chi connectivity index (χ3n) is 3.00. The molecule has 1 saturated heterocycles. The van der Waals surface area contributed by atoms with E-state index in [1.54, 1.807) is 0 Å². The molecule has 0 aromatic heterocycles. The Bertz CT molecular complexity index is 142. The zero-order valence-electron chi connectivity index (χ0n) is 10.3. The highest BCUT2D eigenvalue weighted by atomic mass is 16.5. The fraction of sp³-hybridized carbons (Fsp3) is 1.00. The molecule has 1 N–H and O–H groups in total. The number of nitrogens with zero attached hydrogens (tertiary/aromatic N) is 1. The monoisotopic (exact) mass is 214 g/mol. The van der Waals surface area contributed by atoms with Crippen LogP contribution in [0.15, 0.2) is 0 Å². The lowest BCUT2D eigenvalue weighted by Crippen LogP contribution is -2.37. The predicted molar refractivity (Wildman–Crippen MR) is 64.2 cm³/mol. The van der Waals surface area contributed by atoms with Crippen LogP contribution in [0.3, 0.4) is 0 Å². The van der Waals surface area contributed by atoms with Crippen molar-refractivity contribution in [2.75, 3.05) is 39.8 Å². The van der Waals surface area contributed by atoms with Gasteiger partial charge in [0.1, 0.15) is 0 Å². The minimum Gasteiger partial charge on any atom is -0.378 e. The molecule has 15 heavy (non-hydrogen) atoms. The molecule has 0 bridgehead atoms. The molecular weight excluding hydrogens is 188 g/mol. The number of ether oxygens (including phenoxy) is 1. The summed E-state index contributed by atoms with van der Waals surface area (Å²) in [6, 6.07) is 0. The summed E-state index contributed by atoms with van der Waals surface area (Å²) in [5, 5.41) is 3.14. The van der Waals surface area contributed by atoms with Gasteiger partial charge in [0.05, 0.1) is 6.10 Å². The van der Waals surface area contributed by atoms with E-state index in [1.807, 2.05) is 7.05 Å². The molecule has 0 atom stereocenters. The Morgan fingerprint density at radius 2 is 2.07 bits per heavy atom. The van der Waals surface area contributed by atoms with Gasteiger partial charge in [-0.3, -0.25) is 0 Å². The SMILES string of the molecule is CCCN1CCC(OCCCNC)CC1. The molecule has 0 saturated carbocycles. The van der Waals surface area contributed by atoms with Crippen molar-refractivity contribution in [3.05, 3.63) is 0 Å². The number of likely N-dealkylation sites (tertiary alicyclic amines) is 1. The third-order valence-corrected chi connectivity index (χ3v) is 3.00. The molecular formula is C12H26N2O. The van der Waals surface area contributed by atoms with Crippen molar-refractivity contribution in [3.63, 3.8) is 0 Å². The van der Waals surface area contributed by atoms with Crippen molar-refractivity contribution in [2.45, 2.75) is 38.7 Å². The van der Waals surface area contributed by atoms with Gasteiger partial charge in [0.15, 0.2) is 0 Å². The Morgan fingerprint density at radius 3 is 2.67 bits per heavy atom. The summed E-state index contributed by atoms with van der Waals surface area (Å²) in [6.07, 6.45) is 5.37. The fourth-order valence-corrected chi connectivity index (χ4v) is 2.11. The van der Waals surface area contributed by atoms with Crippen molar-refractivity contribution in [3.8, 4) is 0 Å². The number of nitrogens with one attached hydrogen (secondary N) is 1. The predicted octanol–water partition coefficient (Wildman–Crippen LogP) is 1.49. The molecule has 0 amide bonds. The fourth-order valence-electron chi connectivity index (χ4n) is 2.11. The van der Waals surface area contributed by atoms with Gasteiger partial charge in [-0.05, 0) is 45.8 Å². The summed E-state index contributed by atoms with van der Waals surface area (Å²) in [6.45, 7) is 7.94. The summed E-state index contributed by atoms with van der Waals surface area (Å²) in [5.41, 5.74) is 0. The zero-order valence-corrected chi connectivity index (χ0v) is 10.3. The van der Waals surface area contributed by atoms with E-state index < -0.39 is 0 Å². The molecule has 3 nitrogen and oxygen atoms in total. The van der Waals surface area contributed by atoms with Crippen molar-refractivity contribution >= 4 is 0 Å². The number of hydrogen-bond donors (Lipinski definition) is 1. The van der Waals surface area contributed by atoms with E-state index in [0.717, 1.165) is 19.6 Å². The van der Waals surface area contributed by atoms with Gasteiger partial charge in [-0.15, -0.1) is 0 Å². The molecule has 3 heteroatoms. The summed E-state index contributed by atoms with van der Waals surface area (Å²) in [5.74, 6) is 0. The normalized spacial score (nSPS) is 19.6. The summed E-state index contributed by atoms with van der Waals surface area (Å²) in [4.78, 5) is 2.55. The summed E-state index contributed by atoms with van der Waals surface area (Å²) in [7, 11) is 1.99. The molecule has 1 fully saturated rings.